The van der Waals surface area contributed by atoms with Crippen LogP contribution in [-0.4, -0.2) is 24.8 Å². The van der Waals surface area contributed by atoms with Crippen molar-refractivity contribution >= 4 is 23.2 Å². The Labute approximate surface area is 125 Å². The third-order valence-corrected chi connectivity index (χ3v) is 3.17. The van der Waals surface area contributed by atoms with E-state index in [1.807, 2.05) is 0 Å². The molecule has 0 unspecified atom stereocenters. The van der Waals surface area contributed by atoms with Crippen LogP contribution in [0.1, 0.15) is 10.4 Å². The molecule has 21 heavy (non-hydrogen) atoms. The van der Waals surface area contributed by atoms with Gasteiger partial charge in [-0.25, -0.2) is 4.98 Å². The molecular formula is C14H11ClN2O4. The van der Waals surface area contributed by atoms with E-state index < -0.39 is 0 Å². The van der Waals surface area contributed by atoms with E-state index in [1.54, 1.807) is 18.2 Å². The van der Waals surface area contributed by atoms with E-state index in [-0.39, 0.29) is 12.7 Å². The number of carbonyl (C=O) groups is 1. The molecule has 0 aliphatic carbocycles. The van der Waals surface area contributed by atoms with Gasteiger partial charge in [0.25, 0.3) is 5.91 Å². The average Bonchev–Trinajstić information content (AvgIpc) is 2.97. The van der Waals surface area contributed by atoms with E-state index in [0.717, 1.165) is 0 Å². The van der Waals surface area contributed by atoms with E-state index in [2.05, 4.69) is 10.3 Å². The van der Waals surface area contributed by atoms with Gasteiger partial charge in [0.15, 0.2) is 11.5 Å². The number of hydrogen-bond acceptors (Lipinski definition) is 5. The van der Waals surface area contributed by atoms with Crippen molar-refractivity contribution in [2.24, 2.45) is 0 Å². The predicted molar refractivity (Wildman–Crippen MR) is 76.3 cm³/mol. The molecular weight excluding hydrogens is 296 g/mol. The molecule has 0 bridgehead atoms. The van der Waals surface area contributed by atoms with E-state index in [0.29, 0.717) is 33.7 Å². The molecule has 0 saturated carbocycles. The number of fused-ring (bicyclic) bond motifs is 1. The highest BCUT2D eigenvalue weighted by molar-refractivity contribution is 6.32. The van der Waals surface area contributed by atoms with Crippen molar-refractivity contribution < 1.29 is 19.0 Å². The predicted octanol–water partition coefficient (Wildman–Crippen LogP) is 2.72. The molecule has 0 fully saturated rings. The highest BCUT2D eigenvalue weighted by Crippen LogP contribution is 2.39. The lowest BCUT2D eigenvalue weighted by Crippen LogP contribution is -2.12. The zero-order valence-electron chi connectivity index (χ0n) is 11.1. The minimum Gasteiger partial charge on any atom is -0.481 e. The summed E-state index contributed by atoms with van der Waals surface area (Å²) < 4.78 is 15.4. The molecule has 1 aliphatic heterocycles. The number of aromatic nitrogens is 1. The van der Waals surface area contributed by atoms with Crippen LogP contribution in [0.5, 0.6) is 17.4 Å². The second-order valence-corrected chi connectivity index (χ2v) is 4.64. The highest BCUT2D eigenvalue weighted by Gasteiger charge is 2.20. The number of ether oxygens (including phenoxy) is 3. The van der Waals surface area contributed by atoms with Crippen LogP contribution in [0.15, 0.2) is 30.5 Å². The number of hydrogen-bond donors (Lipinski definition) is 1. The fraction of sp³-hybridized carbons (Fsp3) is 0.143. The van der Waals surface area contributed by atoms with E-state index in [1.165, 1.54) is 19.4 Å². The molecule has 1 aliphatic rings. The van der Waals surface area contributed by atoms with Gasteiger partial charge in [0.05, 0.1) is 24.0 Å². The quantitative estimate of drug-likeness (QED) is 0.944. The molecule has 0 spiro atoms. The number of benzene rings is 1. The SMILES string of the molecule is COc1ccc(NC(=O)c2cc(Cl)c3c(c2)OCO3)cn1. The van der Waals surface area contributed by atoms with Crippen LogP contribution in [0.3, 0.4) is 0 Å². The maximum Gasteiger partial charge on any atom is 0.255 e. The summed E-state index contributed by atoms with van der Waals surface area (Å²) >= 11 is 6.05. The first-order valence-electron chi connectivity index (χ1n) is 6.08. The Balaban J connectivity index is 1.80. The lowest BCUT2D eigenvalue weighted by atomic mass is 10.2. The monoisotopic (exact) mass is 306 g/mol. The minimum absolute atomic E-state index is 0.0997. The molecule has 1 N–H and O–H groups in total. The fourth-order valence-corrected chi connectivity index (χ4v) is 2.14. The van der Waals surface area contributed by atoms with Gasteiger partial charge < -0.3 is 19.5 Å². The van der Waals surface area contributed by atoms with Crippen molar-refractivity contribution in [2.75, 3.05) is 19.2 Å². The second-order valence-electron chi connectivity index (χ2n) is 4.24. The van der Waals surface area contributed by atoms with Gasteiger partial charge in [-0.05, 0) is 18.2 Å². The summed E-state index contributed by atoms with van der Waals surface area (Å²) in [5.74, 6) is 1.07. The first kappa shape index (κ1) is 13.5. The van der Waals surface area contributed by atoms with E-state index in [9.17, 15) is 4.79 Å². The fourth-order valence-electron chi connectivity index (χ4n) is 1.88. The highest BCUT2D eigenvalue weighted by atomic mass is 35.5. The van der Waals surface area contributed by atoms with Gasteiger partial charge in [0, 0.05) is 11.6 Å². The van der Waals surface area contributed by atoms with Gasteiger partial charge in [-0.3, -0.25) is 4.79 Å². The third kappa shape index (κ3) is 2.71. The smallest absolute Gasteiger partial charge is 0.255 e. The Hall–Kier alpha value is -2.47. The Morgan fingerprint density at radius 2 is 2.24 bits per heavy atom. The van der Waals surface area contributed by atoms with Crippen LogP contribution in [0.25, 0.3) is 0 Å². The Bertz CT molecular complexity index is 688. The molecule has 0 saturated heterocycles. The minimum atomic E-state index is -0.317. The number of methoxy groups -OCH3 is 1. The first-order chi connectivity index (χ1) is 10.2. The molecule has 108 valence electrons. The number of rotatable bonds is 3. The average molecular weight is 307 g/mol. The largest absolute Gasteiger partial charge is 0.481 e. The summed E-state index contributed by atoms with van der Waals surface area (Å²) in [7, 11) is 1.52. The maximum atomic E-state index is 12.2. The number of amides is 1. The van der Waals surface area contributed by atoms with Crippen LogP contribution < -0.4 is 19.5 Å². The molecule has 2 aromatic rings. The maximum absolute atomic E-state index is 12.2. The van der Waals surface area contributed by atoms with Gasteiger partial charge >= 0.3 is 0 Å². The molecule has 2 heterocycles. The van der Waals surface area contributed by atoms with Gasteiger partial charge in [0.1, 0.15) is 0 Å². The Kier molecular flexibility index (Phi) is 3.53. The zero-order valence-corrected chi connectivity index (χ0v) is 11.8. The summed E-state index contributed by atoms with van der Waals surface area (Å²) in [5.41, 5.74) is 0.926. The standard InChI is InChI=1S/C14H11ClN2O4/c1-19-12-3-2-9(6-16-12)17-14(18)8-4-10(15)13-11(5-8)20-7-21-13/h2-6H,7H2,1H3,(H,17,18). The molecule has 1 aromatic heterocycles. The van der Waals surface area contributed by atoms with Crippen molar-refractivity contribution in [2.45, 2.75) is 0 Å². The van der Waals surface area contributed by atoms with Crippen molar-refractivity contribution in [1.29, 1.82) is 0 Å². The number of nitrogens with one attached hydrogen (secondary N) is 1. The topological polar surface area (TPSA) is 69.7 Å². The van der Waals surface area contributed by atoms with Crippen LogP contribution >= 0.6 is 11.6 Å². The lowest BCUT2D eigenvalue weighted by molar-refractivity contribution is 0.102. The summed E-state index contributed by atoms with van der Waals surface area (Å²) in [4.78, 5) is 16.2. The van der Waals surface area contributed by atoms with Crippen LogP contribution in [0, 0.1) is 0 Å². The summed E-state index contributed by atoms with van der Waals surface area (Å²) in [6.45, 7) is 0.0997. The molecule has 7 heteroatoms. The molecule has 1 aromatic carbocycles. The van der Waals surface area contributed by atoms with Crippen LogP contribution in [0.2, 0.25) is 5.02 Å². The Morgan fingerprint density at radius 1 is 1.38 bits per heavy atom. The van der Waals surface area contributed by atoms with Crippen molar-refractivity contribution in [3.63, 3.8) is 0 Å². The van der Waals surface area contributed by atoms with Crippen LogP contribution in [0.4, 0.5) is 5.69 Å². The van der Waals surface area contributed by atoms with Crippen molar-refractivity contribution in [3.05, 3.63) is 41.0 Å². The van der Waals surface area contributed by atoms with Crippen molar-refractivity contribution in [3.8, 4) is 17.4 Å². The lowest BCUT2D eigenvalue weighted by Gasteiger charge is -2.07. The van der Waals surface area contributed by atoms with Gasteiger partial charge in [-0.15, -0.1) is 0 Å². The molecule has 0 atom stereocenters. The van der Waals surface area contributed by atoms with Gasteiger partial charge in [0.2, 0.25) is 12.7 Å². The summed E-state index contributed by atoms with van der Waals surface area (Å²) in [5, 5.41) is 3.05. The normalized spacial score (nSPS) is 12.1. The Morgan fingerprint density at radius 3 is 2.95 bits per heavy atom. The number of pyridine rings is 1. The molecule has 3 rings (SSSR count). The molecule has 6 nitrogen and oxygen atoms in total. The second kappa shape index (κ2) is 5.49. The van der Waals surface area contributed by atoms with Crippen molar-refractivity contribution in [1.82, 2.24) is 4.98 Å². The number of anilines is 1. The van der Waals surface area contributed by atoms with Gasteiger partial charge in [-0.2, -0.15) is 0 Å². The van der Waals surface area contributed by atoms with E-state index >= 15 is 0 Å². The van der Waals surface area contributed by atoms with Gasteiger partial charge in [-0.1, -0.05) is 11.6 Å². The first-order valence-corrected chi connectivity index (χ1v) is 6.45. The molecule has 1 amide bonds. The molecule has 0 radical (unpaired) electrons. The number of carbonyl (C=O) groups excluding carboxylic acids is 1. The third-order valence-electron chi connectivity index (χ3n) is 2.89. The number of nitrogens with zero attached hydrogens (tertiary/aromatic N) is 1. The summed E-state index contributed by atoms with van der Waals surface area (Å²) in [6, 6.07) is 6.46. The zero-order chi connectivity index (χ0) is 14.8. The number of halogens is 1. The van der Waals surface area contributed by atoms with E-state index in [4.69, 9.17) is 25.8 Å². The summed E-state index contributed by atoms with van der Waals surface area (Å²) in [6.07, 6.45) is 1.51. The van der Waals surface area contributed by atoms with Crippen LogP contribution in [-0.2, 0) is 0 Å².